The molecule has 0 N–H and O–H groups in total. The zero-order valence-electron chi connectivity index (χ0n) is 29.4. The lowest BCUT2D eigenvalue weighted by Crippen LogP contribution is -2.09. The van der Waals surface area contributed by atoms with E-state index in [1.54, 1.807) is 0 Å². The van der Waals surface area contributed by atoms with E-state index in [1.165, 1.54) is 33.0 Å². The van der Waals surface area contributed by atoms with Crippen molar-refractivity contribution in [2.45, 2.75) is 0 Å². The minimum atomic E-state index is 0.632. The van der Waals surface area contributed by atoms with Crippen LogP contribution in [0.3, 0.4) is 0 Å². The molecule has 0 fully saturated rings. The summed E-state index contributed by atoms with van der Waals surface area (Å²) in [7, 11) is 0. The molecular formula is C51H34N2O. The molecule has 0 aliphatic rings. The number of hydrogen-bond donors (Lipinski definition) is 0. The monoisotopic (exact) mass is 690 g/mol. The van der Waals surface area contributed by atoms with Gasteiger partial charge in [0.2, 0.25) is 5.89 Å². The van der Waals surface area contributed by atoms with Crippen molar-refractivity contribution >= 4 is 49.7 Å². The maximum Gasteiger partial charge on any atom is 0.227 e. The van der Waals surface area contributed by atoms with Gasteiger partial charge in [0.05, 0.1) is 0 Å². The topological polar surface area (TPSA) is 29.3 Å². The minimum absolute atomic E-state index is 0.632. The van der Waals surface area contributed by atoms with E-state index in [0.717, 1.165) is 55.6 Å². The normalized spacial score (nSPS) is 11.3. The molecule has 10 aromatic rings. The lowest BCUT2D eigenvalue weighted by atomic mass is 9.95. The summed E-state index contributed by atoms with van der Waals surface area (Å²) in [6.07, 6.45) is 0. The first kappa shape index (κ1) is 31.5. The van der Waals surface area contributed by atoms with Crippen molar-refractivity contribution in [1.29, 1.82) is 0 Å². The Hall–Kier alpha value is -7.23. The summed E-state index contributed by atoms with van der Waals surface area (Å²) >= 11 is 0. The third kappa shape index (κ3) is 5.78. The molecule has 0 saturated carbocycles. The van der Waals surface area contributed by atoms with E-state index in [9.17, 15) is 0 Å². The molecule has 0 aliphatic heterocycles. The Morgan fingerprint density at radius 1 is 0.352 bits per heavy atom. The Balaban J connectivity index is 1.05. The first-order valence-electron chi connectivity index (χ1n) is 18.3. The van der Waals surface area contributed by atoms with Crippen LogP contribution in [0.1, 0.15) is 0 Å². The van der Waals surface area contributed by atoms with Gasteiger partial charge in [0, 0.05) is 28.0 Å². The van der Waals surface area contributed by atoms with Gasteiger partial charge in [-0.25, -0.2) is 4.98 Å². The van der Waals surface area contributed by atoms with Gasteiger partial charge in [0.15, 0.2) is 5.58 Å². The van der Waals surface area contributed by atoms with Crippen LogP contribution >= 0.6 is 0 Å². The molecule has 254 valence electrons. The summed E-state index contributed by atoms with van der Waals surface area (Å²) < 4.78 is 6.27. The van der Waals surface area contributed by atoms with Crippen molar-refractivity contribution in [3.63, 3.8) is 0 Å². The molecule has 10 rings (SSSR count). The molecule has 1 aromatic heterocycles. The number of rotatable bonds is 7. The number of fused-ring (bicyclic) bond motifs is 4. The van der Waals surface area contributed by atoms with Crippen molar-refractivity contribution in [1.82, 2.24) is 4.98 Å². The van der Waals surface area contributed by atoms with Gasteiger partial charge in [0.25, 0.3) is 0 Å². The molecule has 0 saturated heterocycles. The van der Waals surface area contributed by atoms with Crippen LogP contribution in [0.5, 0.6) is 0 Å². The molecule has 3 heteroatoms. The zero-order chi connectivity index (χ0) is 35.8. The third-order valence-electron chi connectivity index (χ3n) is 10.3. The Morgan fingerprint density at radius 2 is 0.852 bits per heavy atom. The Labute approximate surface area is 314 Å². The average Bonchev–Trinajstić information content (AvgIpc) is 3.70. The highest BCUT2D eigenvalue weighted by atomic mass is 16.3. The molecule has 0 atom stereocenters. The van der Waals surface area contributed by atoms with E-state index < -0.39 is 0 Å². The molecule has 54 heavy (non-hydrogen) atoms. The van der Waals surface area contributed by atoms with Gasteiger partial charge < -0.3 is 9.32 Å². The Kier molecular flexibility index (Phi) is 7.81. The fraction of sp³-hybridized carbons (Fsp3) is 0. The summed E-state index contributed by atoms with van der Waals surface area (Å²) in [6, 6.07) is 73.0. The first-order valence-corrected chi connectivity index (χ1v) is 18.3. The fourth-order valence-corrected chi connectivity index (χ4v) is 7.56. The number of hydrogen-bond acceptors (Lipinski definition) is 3. The van der Waals surface area contributed by atoms with E-state index in [0.29, 0.717) is 5.89 Å². The molecule has 1 heterocycles. The molecular weight excluding hydrogens is 657 g/mol. The second-order valence-corrected chi connectivity index (χ2v) is 13.6. The van der Waals surface area contributed by atoms with Crippen LogP contribution in [-0.2, 0) is 0 Å². The Morgan fingerprint density at radius 3 is 1.48 bits per heavy atom. The lowest BCUT2D eigenvalue weighted by Gasteiger charge is -2.26. The van der Waals surface area contributed by atoms with Gasteiger partial charge in [-0.1, -0.05) is 146 Å². The van der Waals surface area contributed by atoms with E-state index in [-0.39, 0.29) is 0 Å². The van der Waals surface area contributed by atoms with Gasteiger partial charge in [-0.2, -0.15) is 0 Å². The zero-order valence-corrected chi connectivity index (χ0v) is 29.4. The van der Waals surface area contributed by atoms with E-state index in [1.807, 2.05) is 36.4 Å². The number of oxazole rings is 1. The second-order valence-electron chi connectivity index (χ2n) is 13.6. The highest BCUT2D eigenvalue weighted by Crippen LogP contribution is 2.40. The largest absolute Gasteiger partial charge is 0.436 e. The predicted molar refractivity (Wildman–Crippen MR) is 225 cm³/mol. The molecule has 3 nitrogen and oxygen atoms in total. The summed E-state index contributed by atoms with van der Waals surface area (Å²) in [5.74, 6) is 0.632. The summed E-state index contributed by atoms with van der Waals surface area (Å²) in [5.41, 5.74) is 13.0. The van der Waals surface area contributed by atoms with Crippen LogP contribution in [0.4, 0.5) is 17.1 Å². The second kappa shape index (κ2) is 13.4. The van der Waals surface area contributed by atoms with E-state index in [2.05, 4.69) is 175 Å². The molecule has 0 spiro atoms. The van der Waals surface area contributed by atoms with E-state index >= 15 is 0 Å². The van der Waals surface area contributed by atoms with Crippen molar-refractivity contribution in [2.24, 2.45) is 0 Å². The van der Waals surface area contributed by atoms with Gasteiger partial charge >= 0.3 is 0 Å². The summed E-state index contributed by atoms with van der Waals surface area (Å²) in [4.78, 5) is 7.36. The van der Waals surface area contributed by atoms with Gasteiger partial charge in [-0.05, 0) is 110 Å². The quantitative estimate of drug-likeness (QED) is 0.167. The van der Waals surface area contributed by atoms with Crippen LogP contribution < -0.4 is 4.90 Å². The molecule has 0 radical (unpaired) electrons. The van der Waals surface area contributed by atoms with Crippen LogP contribution in [-0.4, -0.2) is 4.98 Å². The molecule has 0 bridgehead atoms. The van der Waals surface area contributed by atoms with Gasteiger partial charge in [0.1, 0.15) is 5.52 Å². The number of nitrogens with zero attached hydrogens (tertiary/aromatic N) is 2. The maximum absolute atomic E-state index is 6.27. The number of aromatic nitrogens is 1. The standard InChI is InChI=1S/C51H34N2O/c1-4-11-35(12-5-1)37-21-27-44(28-22-37)53(45-29-23-38(24-30-45)36-13-6-2-7-14-36)46-31-25-41-33-43(20-19-42(41)34-46)47-18-10-17-39-26-32-48-50(49(39)47)52-51(54-48)40-15-8-3-9-16-40/h1-34H. The van der Waals surface area contributed by atoms with Gasteiger partial charge in [-0.3, -0.25) is 0 Å². The Bertz CT molecular complexity index is 2820. The fourth-order valence-electron chi connectivity index (χ4n) is 7.56. The minimum Gasteiger partial charge on any atom is -0.436 e. The third-order valence-corrected chi connectivity index (χ3v) is 10.3. The molecule has 0 amide bonds. The lowest BCUT2D eigenvalue weighted by molar-refractivity contribution is 0.620. The van der Waals surface area contributed by atoms with Crippen molar-refractivity contribution < 1.29 is 4.42 Å². The average molecular weight is 691 g/mol. The summed E-state index contributed by atoms with van der Waals surface area (Å²) in [6.45, 7) is 0. The van der Waals surface area contributed by atoms with Gasteiger partial charge in [-0.15, -0.1) is 0 Å². The van der Waals surface area contributed by atoms with Crippen LogP contribution in [0.2, 0.25) is 0 Å². The first-order chi connectivity index (χ1) is 26.7. The number of anilines is 3. The summed E-state index contributed by atoms with van der Waals surface area (Å²) in [5, 5.41) is 4.57. The smallest absolute Gasteiger partial charge is 0.227 e. The van der Waals surface area contributed by atoms with Crippen molar-refractivity contribution in [3.8, 4) is 44.8 Å². The molecule has 9 aromatic carbocycles. The van der Waals surface area contributed by atoms with Crippen molar-refractivity contribution in [3.05, 3.63) is 206 Å². The molecule has 0 aliphatic carbocycles. The van der Waals surface area contributed by atoms with Crippen LogP contribution in [0.25, 0.3) is 77.5 Å². The van der Waals surface area contributed by atoms with E-state index in [4.69, 9.17) is 9.40 Å². The SMILES string of the molecule is c1ccc(-c2ccc(N(c3ccc(-c4ccccc4)cc3)c3ccc4cc(-c5cccc6ccc7oc(-c8ccccc8)nc7c56)ccc4c3)cc2)cc1. The number of benzene rings is 9. The maximum atomic E-state index is 6.27. The van der Waals surface area contributed by atoms with Crippen LogP contribution in [0.15, 0.2) is 211 Å². The predicted octanol–water partition coefficient (Wildman–Crippen LogP) is 14.3. The van der Waals surface area contributed by atoms with Crippen molar-refractivity contribution in [2.75, 3.05) is 4.90 Å². The highest BCUT2D eigenvalue weighted by molar-refractivity contribution is 6.12. The highest BCUT2D eigenvalue weighted by Gasteiger charge is 2.17. The van der Waals surface area contributed by atoms with Crippen LogP contribution in [0, 0.1) is 0 Å². The molecule has 0 unspecified atom stereocenters.